The number of methoxy groups -OCH3 is 3. The van der Waals surface area contributed by atoms with E-state index < -0.39 is 0 Å². The third-order valence-corrected chi connectivity index (χ3v) is 2.46. The number of anilines is 1. The van der Waals surface area contributed by atoms with Crippen LogP contribution in [0.15, 0.2) is 18.2 Å². The smallest absolute Gasteiger partial charge is 0.321 e. The van der Waals surface area contributed by atoms with Crippen LogP contribution in [0.25, 0.3) is 11.4 Å². The summed E-state index contributed by atoms with van der Waals surface area (Å²) in [4.78, 5) is 12.0. The van der Waals surface area contributed by atoms with E-state index in [4.69, 9.17) is 19.9 Å². The molecular formula is C12H14N4O3. The highest BCUT2D eigenvalue weighted by Crippen LogP contribution is 2.31. The Balaban J connectivity index is 2.54. The van der Waals surface area contributed by atoms with Gasteiger partial charge in [-0.25, -0.2) is 0 Å². The molecule has 0 bridgehead atoms. The maximum Gasteiger partial charge on any atom is 0.321 e. The minimum Gasteiger partial charge on any atom is -0.497 e. The van der Waals surface area contributed by atoms with Crippen molar-refractivity contribution in [3.63, 3.8) is 0 Å². The van der Waals surface area contributed by atoms with Crippen molar-refractivity contribution in [3.8, 4) is 28.9 Å². The first-order valence-corrected chi connectivity index (χ1v) is 5.46. The van der Waals surface area contributed by atoms with Gasteiger partial charge in [-0.05, 0) is 12.1 Å². The number of rotatable bonds is 4. The lowest BCUT2D eigenvalue weighted by Gasteiger charge is -2.10. The van der Waals surface area contributed by atoms with Crippen LogP contribution in [0.3, 0.4) is 0 Å². The first-order chi connectivity index (χ1) is 9.17. The van der Waals surface area contributed by atoms with Crippen LogP contribution in [0, 0.1) is 0 Å². The topological polar surface area (TPSA) is 92.4 Å². The number of nitrogen functional groups attached to an aromatic ring is 1. The molecule has 0 fully saturated rings. The molecule has 0 saturated carbocycles. The normalized spacial score (nSPS) is 10.1. The monoisotopic (exact) mass is 262 g/mol. The first-order valence-electron chi connectivity index (χ1n) is 5.46. The van der Waals surface area contributed by atoms with E-state index in [1.54, 1.807) is 32.4 Å². The molecule has 0 aliphatic heterocycles. The van der Waals surface area contributed by atoms with Gasteiger partial charge in [-0.15, -0.1) is 0 Å². The van der Waals surface area contributed by atoms with Crippen molar-refractivity contribution in [3.05, 3.63) is 18.2 Å². The SMILES string of the molecule is COc1ccc(-c2nc(N)nc(OC)n2)c(OC)c1. The lowest BCUT2D eigenvalue weighted by Crippen LogP contribution is -2.03. The third-order valence-electron chi connectivity index (χ3n) is 2.46. The van der Waals surface area contributed by atoms with E-state index in [2.05, 4.69) is 15.0 Å². The predicted octanol–water partition coefficient (Wildman–Crippen LogP) is 1.15. The number of ether oxygens (including phenoxy) is 3. The second-order valence-corrected chi connectivity index (χ2v) is 3.57. The fourth-order valence-electron chi connectivity index (χ4n) is 1.57. The minimum atomic E-state index is 0.0831. The first kappa shape index (κ1) is 12.9. The molecule has 1 aromatic heterocycles. The van der Waals surface area contributed by atoms with Crippen molar-refractivity contribution in [2.24, 2.45) is 0 Å². The maximum absolute atomic E-state index is 5.61. The van der Waals surface area contributed by atoms with Gasteiger partial charge >= 0.3 is 6.01 Å². The molecule has 7 heteroatoms. The standard InChI is InChI=1S/C12H14N4O3/c1-17-7-4-5-8(9(6-7)18-2)10-14-11(13)16-12(15-10)19-3/h4-6H,1-3H3,(H2,13,14,15,16). The molecule has 19 heavy (non-hydrogen) atoms. The zero-order valence-corrected chi connectivity index (χ0v) is 10.9. The van der Waals surface area contributed by atoms with Crippen LogP contribution in [0.4, 0.5) is 5.95 Å². The number of hydrogen-bond donors (Lipinski definition) is 1. The second-order valence-electron chi connectivity index (χ2n) is 3.57. The predicted molar refractivity (Wildman–Crippen MR) is 69.3 cm³/mol. The van der Waals surface area contributed by atoms with Gasteiger partial charge < -0.3 is 19.9 Å². The van der Waals surface area contributed by atoms with Crippen molar-refractivity contribution in [1.82, 2.24) is 15.0 Å². The number of aromatic nitrogens is 3. The maximum atomic E-state index is 5.61. The molecule has 100 valence electrons. The van der Waals surface area contributed by atoms with E-state index in [9.17, 15) is 0 Å². The van der Waals surface area contributed by atoms with Gasteiger partial charge in [0.2, 0.25) is 5.95 Å². The van der Waals surface area contributed by atoms with Gasteiger partial charge in [0.25, 0.3) is 0 Å². The molecule has 0 amide bonds. The van der Waals surface area contributed by atoms with Crippen LogP contribution in [0.5, 0.6) is 17.5 Å². The van der Waals surface area contributed by atoms with E-state index in [1.165, 1.54) is 7.11 Å². The number of nitrogens with zero attached hydrogens (tertiary/aromatic N) is 3. The van der Waals surface area contributed by atoms with Crippen LogP contribution in [-0.2, 0) is 0 Å². The van der Waals surface area contributed by atoms with Gasteiger partial charge in [0.15, 0.2) is 5.82 Å². The Labute approximate surface area is 110 Å². The molecule has 1 aromatic carbocycles. The largest absolute Gasteiger partial charge is 0.497 e. The van der Waals surface area contributed by atoms with Crippen molar-refractivity contribution < 1.29 is 14.2 Å². The van der Waals surface area contributed by atoms with E-state index in [0.717, 1.165) is 0 Å². The molecule has 0 saturated heterocycles. The minimum absolute atomic E-state index is 0.0831. The van der Waals surface area contributed by atoms with Gasteiger partial charge in [0, 0.05) is 6.07 Å². The molecule has 0 aliphatic carbocycles. The van der Waals surface area contributed by atoms with Crippen molar-refractivity contribution in [2.45, 2.75) is 0 Å². The summed E-state index contributed by atoms with van der Waals surface area (Å²) in [6, 6.07) is 5.46. The molecule has 2 N–H and O–H groups in total. The molecule has 2 rings (SSSR count). The van der Waals surface area contributed by atoms with Crippen LogP contribution >= 0.6 is 0 Å². The Bertz CT molecular complexity index is 589. The summed E-state index contributed by atoms with van der Waals surface area (Å²) in [6.07, 6.45) is 0. The van der Waals surface area contributed by atoms with Crippen LogP contribution in [-0.4, -0.2) is 36.3 Å². The molecule has 0 unspecified atom stereocenters. The van der Waals surface area contributed by atoms with Gasteiger partial charge in [-0.1, -0.05) is 0 Å². The summed E-state index contributed by atoms with van der Waals surface area (Å²) in [6.45, 7) is 0. The van der Waals surface area contributed by atoms with Gasteiger partial charge in [-0.2, -0.15) is 15.0 Å². The summed E-state index contributed by atoms with van der Waals surface area (Å²) < 4.78 is 15.4. The van der Waals surface area contributed by atoms with E-state index in [1.807, 2.05) is 0 Å². The number of benzene rings is 1. The molecule has 0 radical (unpaired) electrons. The summed E-state index contributed by atoms with van der Waals surface area (Å²) in [5.74, 6) is 1.71. The summed E-state index contributed by atoms with van der Waals surface area (Å²) in [5, 5.41) is 0. The summed E-state index contributed by atoms with van der Waals surface area (Å²) in [7, 11) is 4.60. The van der Waals surface area contributed by atoms with Crippen LogP contribution < -0.4 is 19.9 Å². The Kier molecular flexibility index (Phi) is 3.65. The van der Waals surface area contributed by atoms with Crippen molar-refractivity contribution in [1.29, 1.82) is 0 Å². The fraction of sp³-hybridized carbons (Fsp3) is 0.250. The Morgan fingerprint density at radius 2 is 1.74 bits per heavy atom. The van der Waals surface area contributed by atoms with E-state index in [0.29, 0.717) is 22.9 Å². The average Bonchev–Trinajstić information content (AvgIpc) is 2.45. The van der Waals surface area contributed by atoms with Crippen molar-refractivity contribution >= 4 is 5.95 Å². The lowest BCUT2D eigenvalue weighted by atomic mass is 10.2. The molecule has 2 aromatic rings. The highest BCUT2D eigenvalue weighted by molar-refractivity contribution is 5.66. The average molecular weight is 262 g/mol. The summed E-state index contributed by atoms with van der Waals surface area (Å²) in [5.41, 5.74) is 6.29. The molecule has 0 atom stereocenters. The highest BCUT2D eigenvalue weighted by Gasteiger charge is 2.13. The second kappa shape index (κ2) is 5.38. The Morgan fingerprint density at radius 3 is 2.37 bits per heavy atom. The van der Waals surface area contributed by atoms with Gasteiger partial charge in [-0.3, -0.25) is 0 Å². The van der Waals surface area contributed by atoms with Crippen molar-refractivity contribution in [2.75, 3.05) is 27.1 Å². The van der Waals surface area contributed by atoms with E-state index >= 15 is 0 Å². The number of nitrogens with two attached hydrogens (primary N) is 1. The number of hydrogen-bond acceptors (Lipinski definition) is 7. The van der Waals surface area contributed by atoms with Gasteiger partial charge in [0.1, 0.15) is 11.5 Å². The molecule has 7 nitrogen and oxygen atoms in total. The Morgan fingerprint density at radius 1 is 0.947 bits per heavy atom. The quantitative estimate of drug-likeness (QED) is 0.883. The highest BCUT2D eigenvalue weighted by atomic mass is 16.5. The van der Waals surface area contributed by atoms with Crippen LogP contribution in [0.1, 0.15) is 0 Å². The lowest BCUT2D eigenvalue weighted by molar-refractivity contribution is 0.379. The zero-order valence-electron chi connectivity index (χ0n) is 10.9. The van der Waals surface area contributed by atoms with E-state index in [-0.39, 0.29) is 12.0 Å². The molecular weight excluding hydrogens is 248 g/mol. The Hall–Kier alpha value is -2.57. The molecule has 1 heterocycles. The fourth-order valence-corrected chi connectivity index (χ4v) is 1.57. The molecule has 0 spiro atoms. The zero-order chi connectivity index (χ0) is 13.8. The third kappa shape index (κ3) is 2.65. The van der Waals surface area contributed by atoms with Crippen LogP contribution in [0.2, 0.25) is 0 Å². The van der Waals surface area contributed by atoms with Gasteiger partial charge in [0.05, 0.1) is 26.9 Å². The summed E-state index contributed by atoms with van der Waals surface area (Å²) >= 11 is 0. The molecule has 0 aliphatic rings.